The van der Waals surface area contributed by atoms with Crippen molar-refractivity contribution in [3.63, 3.8) is 0 Å². The highest BCUT2D eigenvalue weighted by atomic mass is 32.2. The van der Waals surface area contributed by atoms with Crippen LogP contribution in [0.2, 0.25) is 0 Å². The van der Waals surface area contributed by atoms with Crippen molar-refractivity contribution in [2.75, 3.05) is 37.8 Å². The fourth-order valence-electron chi connectivity index (χ4n) is 1.71. The van der Waals surface area contributed by atoms with Gasteiger partial charge in [0.2, 0.25) is 16.0 Å². The lowest BCUT2D eigenvalue weighted by Gasteiger charge is -2.31. The van der Waals surface area contributed by atoms with Crippen LogP contribution in [0, 0.1) is 0 Å². The number of nitrogens with zero attached hydrogens (tertiary/aromatic N) is 3. The molecule has 1 saturated heterocycles. The molecule has 0 amide bonds. The molecule has 0 radical (unpaired) electrons. The molecular weight excluding hydrogens is 256 g/mol. The molecule has 1 fully saturated rings. The smallest absolute Gasteiger partial charge is 0.222 e. The molecule has 18 heavy (non-hydrogen) atoms. The van der Waals surface area contributed by atoms with E-state index in [9.17, 15) is 8.42 Å². The normalized spacial score (nSPS) is 21.7. The van der Waals surface area contributed by atoms with Gasteiger partial charge in [-0.2, -0.15) is 4.31 Å². The van der Waals surface area contributed by atoms with Gasteiger partial charge >= 0.3 is 0 Å². The molecule has 100 valence electrons. The van der Waals surface area contributed by atoms with E-state index in [1.807, 2.05) is 0 Å². The summed E-state index contributed by atoms with van der Waals surface area (Å²) in [7, 11) is -3.15. The second kappa shape index (κ2) is 5.59. The first-order valence-electron chi connectivity index (χ1n) is 5.63. The molecule has 1 atom stereocenters. The third kappa shape index (κ3) is 3.62. The molecule has 1 aliphatic rings. The van der Waals surface area contributed by atoms with Crippen LogP contribution in [0.4, 0.5) is 5.95 Å². The Bertz CT molecular complexity index is 479. The summed E-state index contributed by atoms with van der Waals surface area (Å²) < 4.78 is 29.8. The molecule has 0 aromatic carbocycles. The van der Waals surface area contributed by atoms with Crippen molar-refractivity contribution in [2.24, 2.45) is 0 Å². The van der Waals surface area contributed by atoms with Gasteiger partial charge in [0.25, 0.3) is 0 Å². The fraction of sp³-hybridized carbons (Fsp3) is 0.600. The number of rotatable bonds is 4. The Kier molecular flexibility index (Phi) is 4.10. The van der Waals surface area contributed by atoms with Crippen LogP contribution in [-0.2, 0) is 14.8 Å². The Morgan fingerprint density at radius 3 is 2.89 bits per heavy atom. The number of hydrogen-bond donors (Lipinski definition) is 1. The van der Waals surface area contributed by atoms with Gasteiger partial charge in [-0.05, 0) is 6.07 Å². The van der Waals surface area contributed by atoms with Crippen molar-refractivity contribution in [1.82, 2.24) is 14.3 Å². The Balaban J connectivity index is 1.87. The van der Waals surface area contributed by atoms with Crippen LogP contribution in [0.15, 0.2) is 18.5 Å². The minimum Gasteiger partial charge on any atom is -0.374 e. The van der Waals surface area contributed by atoms with Crippen molar-refractivity contribution < 1.29 is 13.2 Å². The van der Waals surface area contributed by atoms with Gasteiger partial charge in [0, 0.05) is 32.0 Å². The average molecular weight is 272 g/mol. The molecule has 0 aliphatic carbocycles. The number of anilines is 1. The van der Waals surface area contributed by atoms with E-state index < -0.39 is 10.0 Å². The predicted octanol–water partition coefficient (Wildman–Crippen LogP) is -0.451. The molecule has 1 aromatic rings. The van der Waals surface area contributed by atoms with Gasteiger partial charge in [0.05, 0.1) is 19.0 Å². The van der Waals surface area contributed by atoms with Crippen LogP contribution < -0.4 is 5.32 Å². The quantitative estimate of drug-likeness (QED) is 0.799. The van der Waals surface area contributed by atoms with Crippen LogP contribution in [0.25, 0.3) is 0 Å². The lowest BCUT2D eigenvalue weighted by molar-refractivity contribution is 0.00696. The second-order valence-corrected chi connectivity index (χ2v) is 6.05. The minimum absolute atomic E-state index is 0.183. The Morgan fingerprint density at radius 1 is 1.50 bits per heavy atom. The van der Waals surface area contributed by atoms with E-state index in [1.54, 1.807) is 18.5 Å². The van der Waals surface area contributed by atoms with Gasteiger partial charge in [-0.15, -0.1) is 0 Å². The Morgan fingerprint density at radius 2 is 2.22 bits per heavy atom. The number of morpholine rings is 1. The highest BCUT2D eigenvalue weighted by Crippen LogP contribution is 2.09. The van der Waals surface area contributed by atoms with Crippen molar-refractivity contribution in [3.05, 3.63) is 18.5 Å². The first-order valence-corrected chi connectivity index (χ1v) is 7.48. The zero-order valence-electron chi connectivity index (χ0n) is 10.1. The van der Waals surface area contributed by atoms with E-state index in [-0.39, 0.29) is 6.10 Å². The Hall–Kier alpha value is -1.25. The van der Waals surface area contributed by atoms with Gasteiger partial charge in [0.1, 0.15) is 0 Å². The summed E-state index contributed by atoms with van der Waals surface area (Å²) in [4.78, 5) is 8.04. The first kappa shape index (κ1) is 13.2. The minimum atomic E-state index is -3.15. The standard InChI is InChI=1S/C10H16N4O3S/c1-18(15,16)14-5-6-17-9(8-14)7-13-10-11-3-2-4-12-10/h2-4,9H,5-8H2,1H3,(H,11,12,13)/t9-/m1/s1. The van der Waals surface area contributed by atoms with E-state index in [1.165, 1.54) is 10.6 Å². The molecule has 0 spiro atoms. The summed E-state index contributed by atoms with van der Waals surface area (Å²) in [5, 5.41) is 3.02. The highest BCUT2D eigenvalue weighted by Gasteiger charge is 2.26. The third-order valence-corrected chi connectivity index (χ3v) is 3.89. The molecular formula is C10H16N4O3S. The zero-order chi connectivity index (χ0) is 13.0. The summed E-state index contributed by atoms with van der Waals surface area (Å²) in [6, 6.07) is 1.73. The van der Waals surface area contributed by atoms with Crippen LogP contribution in [-0.4, -0.2) is 61.3 Å². The number of ether oxygens (including phenoxy) is 1. The molecule has 1 N–H and O–H groups in total. The monoisotopic (exact) mass is 272 g/mol. The first-order chi connectivity index (χ1) is 8.55. The summed E-state index contributed by atoms with van der Waals surface area (Å²) >= 11 is 0. The third-order valence-electron chi connectivity index (χ3n) is 2.62. The van der Waals surface area contributed by atoms with Crippen LogP contribution >= 0.6 is 0 Å². The molecule has 8 heteroatoms. The van der Waals surface area contributed by atoms with Gasteiger partial charge in [-0.3, -0.25) is 0 Å². The van der Waals surface area contributed by atoms with E-state index in [0.717, 1.165) is 0 Å². The molecule has 7 nitrogen and oxygen atoms in total. The molecule has 1 aliphatic heterocycles. The van der Waals surface area contributed by atoms with E-state index in [2.05, 4.69) is 15.3 Å². The molecule has 1 aromatic heterocycles. The average Bonchev–Trinajstić information content (AvgIpc) is 2.37. The molecule has 2 heterocycles. The summed E-state index contributed by atoms with van der Waals surface area (Å²) in [6.07, 6.45) is 4.31. The summed E-state index contributed by atoms with van der Waals surface area (Å²) in [6.45, 7) is 1.67. The van der Waals surface area contributed by atoms with Crippen LogP contribution in [0.1, 0.15) is 0 Å². The van der Waals surface area contributed by atoms with Crippen molar-refractivity contribution in [3.8, 4) is 0 Å². The van der Waals surface area contributed by atoms with Gasteiger partial charge in [-0.25, -0.2) is 18.4 Å². The van der Waals surface area contributed by atoms with Gasteiger partial charge < -0.3 is 10.1 Å². The van der Waals surface area contributed by atoms with Crippen molar-refractivity contribution in [1.29, 1.82) is 0 Å². The maximum Gasteiger partial charge on any atom is 0.222 e. The van der Waals surface area contributed by atoms with Crippen LogP contribution in [0.5, 0.6) is 0 Å². The number of nitrogens with one attached hydrogen (secondary N) is 1. The van der Waals surface area contributed by atoms with E-state index in [4.69, 9.17) is 4.74 Å². The van der Waals surface area contributed by atoms with Gasteiger partial charge in [-0.1, -0.05) is 0 Å². The Labute approximate surface area is 106 Å². The number of sulfonamides is 1. The maximum atomic E-state index is 11.4. The van der Waals surface area contributed by atoms with Crippen molar-refractivity contribution in [2.45, 2.75) is 6.10 Å². The predicted molar refractivity (Wildman–Crippen MR) is 66.7 cm³/mol. The molecule has 2 rings (SSSR count). The molecule has 0 bridgehead atoms. The second-order valence-electron chi connectivity index (χ2n) is 4.07. The molecule has 0 saturated carbocycles. The molecule has 0 unspecified atom stereocenters. The number of aromatic nitrogens is 2. The SMILES string of the molecule is CS(=O)(=O)N1CCO[C@H](CNc2ncccn2)C1. The van der Waals surface area contributed by atoms with E-state index >= 15 is 0 Å². The summed E-state index contributed by atoms with van der Waals surface area (Å²) in [5.74, 6) is 0.512. The van der Waals surface area contributed by atoms with Gasteiger partial charge in [0.15, 0.2) is 0 Å². The summed E-state index contributed by atoms with van der Waals surface area (Å²) in [5.41, 5.74) is 0. The highest BCUT2D eigenvalue weighted by molar-refractivity contribution is 7.88. The van der Waals surface area contributed by atoms with E-state index in [0.29, 0.717) is 32.2 Å². The van der Waals surface area contributed by atoms with Crippen LogP contribution in [0.3, 0.4) is 0 Å². The fourth-order valence-corrected chi connectivity index (χ4v) is 2.56. The largest absolute Gasteiger partial charge is 0.374 e. The topological polar surface area (TPSA) is 84.4 Å². The van der Waals surface area contributed by atoms with Crippen molar-refractivity contribution >= 4 is 16.0 Å². The number of hydrogen-bond acceptors (Lipinski definition) is 6. The maximum absolute atomic E-state index is 11.4. The zero-order valence-corrected chi connectivity index (χ0v) is 10.9. The lowest BCUT2D eigenvalue weighted by atomic mass is 10.3. The lowest BCUT2D eigenvalue weighted by Crippen LogP contribution is -2.47.